The number of alkyl halides is 7. The maximum Gasteiger partial charge on any atom is 0.416 e. The van der Waals surface area contributed by atoms with Gasteiger partial charge in [0.2, 0.25) is 0 Å². The van der Waals surface area contributed by atoms with Gasteiger partial charge in [0.05, 0.1) is 11.1 Å². The number of amides is 1. The zero-order valence-corrected chi connectivity index (χ0v) is 28.1. The molecule has 0 fully saturated rings. The summed E-state index contributed by atoms with van der Waals surface area (Å²) in [5.74, 6) is -1.88. The van der Waals surface area contributed by atoms with Gasteiger partial charge in [-0.25, -0.2) is 9.78 Å². The molecule has 2 aromatic heterocycles. The predicted molar refractivity (Wildman–Crippen MR) is 178 cm³/mol. The van der Waals surface area contributed by atoms with Gasteiger partial charge in [0.25, 0.3) is 0 Å². The Labute approximate surface area is 299 Å². The number of hydrogen-bond donors (Lipinski definition) is 0. The van der Waals surface area contributed by atoms with E-state index in [0.717, 1.165) is 24.3 Å². The van der Waals surface area contributed by atoms with Crippen molar-refractivity contribution in [2.45, 2.75) is 57.7 Å². The number of rotatable bonds is 13. The van der Waals surface area contributed by atoms with E-state index in [-0.39, 0.29) is 18.8 Å². The van der Waals surface area contributed by atoms with E-state index in [1.54, 1.807) is 62.4 Å². The molecule has 1 unspecified atom stereocenters. The average Bonchev–Trinajstić information content (AvgIpc) is 3.11. The van der Waals surface area contributed by atoms with Crippen molar-refractivity contribution in [2.24, 2.45) is 0 Å². The molecule has 5 rings (SSSR count). The third-order valence-electron chi connectivity index (χ3n) is 8.38. The van der Waals surface area contributed by atoms with Gasteiger partial charge in [0.1, 0.15) is 12.4 Å². The second kappa shape index (κ2) is 16.2. The van der Waals surface area contributed by atoms with Crippen LogP contribution in [-0.2, 0) is 29.5 Å². The topological polar surface area (TPSA) is 87.8 Å². The maximum absolute atomic E-state index is 13.8. The monoisotopic (exact) mass is 743 g/mol. The lowest BCUT2D eigenvalue weighted by Crippen LogP contribution is -2.46. The molecule has 3 aromatic carbocycles. The Morgan fingerprint density at radius 1 is 0.774 bits per heavy atom. The van der Waals surface area contributed by atoms with Gasteiger partial charge < -0.3 is 19.4 Å². The molecule has 0 bridgehead atoms. The predicted octanol–water partition coefficient (Wildman–Crippen LogP) is 9.39. The highest BCUT2D eigenvalue weighted by molar-refractivity contribution is 5.88. The first-order valence-electron chi connectivity index (χ1n) is 16.0. The van der Waals surface area contributed by atoms with Crippen LogP contribution in [0.5, 0.6) is 11.5 Å². The molecule has 0 aliphatic carbocycles. The summed E-state index contributed by atoms with van der Waals surface area (Å²) >= 11 is 0. The van der Waals surface area contributed by atoms with E-state index < -0.39 is 54.0 Å². The van der Waals surface area contributed by atoms with E-state index in [0.29, 0.717) is 32.5 Å². The highest BCUT2D eigenvalue weighted by atomic mass is 19.4. The Morgan fingerprint density at radius 2 is 1.38 bits per heavy atom. The number of ether oxygens (including phenoxy) is 3. The lowest BCUT2D eigenvalue weighted by atomic mass is 9.86. The fraction of sp³-hybridized carbons (Fsp3) is 0.237. The smallest absolute Gasteiger partial charge is 0.416 e. The first kappa shape index (κ1) is 38.4. The normalized spacial score (nSPS) is 12.4. The molecule has 0 aliphatic heterocycles. The summed E-state index contributed by atoms with van der Waals surface area (Å²) < 4.78 is 108. The van der Waals surface area contributed by atoms with Crippen molar-refractivity contribution in [3.05, 3.63) is 154 Å². The molecule has 278 valence electrons. The average molecular weight is 744 g/mol. The molecular weight excluding hydrogens is 711 g/mol. The number of hydrogen-bond acceptors (Lipinski definition) is 6. The van der Waals surface area contributed by atoms with E-state index in [2.05, 4.69) is 14.5 Å². The van der Waals surface area contributed by atoms with Crippen LogP contribution < -0.4 is 19.1 Å². The summed E-state index contributed by atoms with van der Waals surface area (Å²) in [5, 5.41) is 11.7. The maximum atomic E-state index is 13.8. The summed E-state index contributed by atoms with van der Waals surface area (Å²) in [6, 6.07) is 22.9. The Bertz CT molecular complexity index is 1960. The molecule has 53 heavy (non-hydrogen) atoms. The van der Waals surface area contributed by atoms with E-state index in [1.807, 2.05) is 0 Å². The standard InChI is InChI=1S/C38H32F7N3O5/c1-37(2,28-10-12-29(13-11-28)38(43,44)45)48(36(49)51-23-25-6-4-3-5-7-25)33-15-9-27(22-46-33)30(20-24-16-18-47(50)19-17-24)26-8-14-31(52-34(39)40)32(21-26)53-35(41)42/h3-19,21-22,30,34-35H,20,23H2,1-2H3. The number of carbonyl (C=O) groups excluding carboxylic acids is 1. The highest BCUT2D eigenvalue weighted by Gasteiger charge is 2.38. The van der Waals surface area contributed by atoms with Crippen LogP contribution in [0.2, 0.25) is 0 Å². The van der Waals surface area contributed by atoms with Crippen LogP contribution in [0.15, 0.2) is 116 Å². The molecule has 1 amide bonds. The SMILES string of the molecule is CC(C)(c1ccc(C(F)(F)F)cc1)N(C(=O)OCc1ccccc1)c1ccc(C(Cc2cc[n+]([O-])cc2)c2ccc(OC(F)F)c(OC(F)F)c2)cn1. The summed E-state index contributed by atoms with van der Waals surface area (Å²) in [6.07, 6.45) is -1.32. The van der Waals surface area contributed by atoms with Crippen LogP contribution in [0.4, 0.5) is 41.3 Å². The van der Waals surface area contributed by atoms with E-state index >= 15 is 0 Å². The van der Waals surface area contributed by atoms with Crippen LogP contribution in [0.25, 0.3) is 0 Å². The van der Waals surface area contributed by atoms with Gasteiger partial charge in [-0.15, -0.1) is 0 Å². The highest BCUT2D eigenvalue weighted by Crippen LogP contribution is 2.39. The molecule has 0 N–H and O–H groups in total. The molecule has 0 saturated heterocycles. The number of halogens is 7. The summed E-state index contributed by atoms with van der Waals surface area (Å²) in [5.41, 5.74) is 0.285. The minimum Gasteiger partial charge on any atom is -0.619 e. The van der Waals surface area contributed by atoms with Crippen LogP contribution in [0, 0.1) is 5.21 Å². The zero-order chi connectivity index (χ0) is 38.3. The summed E-state index contributed by atoms with van der Waals surface area (Å²) in [6.45, 7) is -3.56. The number of aromatic nitrogens is 2. The minimum atomic E-state index is -4.58. The minimum absolute atomic E-state index is 0.0602. The molecule has 0 spiro atoms. The molecule has 1 atom stereocenters. The third kappa shape index (κ3) is 9.73. The Hall–Kier alpha value is -5.86. The van der Waals surface area contributed by atoms with E-state index in [1.165, 1.54) is 47.8 Å². The molecular formula is C38H32F7N3O5. The van der Waals surface area contributed by atoms with Gasteiger partial charge in [0.15, 0.2) is 23.9 Å². The van der Waals surface area contributed by atoms with Gasteiger partial charge in [-0.1, -0.05) is 54.6 Å². The molecule has 0 aliphatic rings. The molecule has 8 nitrogen and oxygen atoms in total. The summed E-state index contributed by atoms with van der Waals surface area (Å²) in [4.78, 5) is 19.6. The van der Waals surface area contributed by atoms with E-state index in [9.17, 15) is 40.7 Å². The second-order valence-electron chi connectivity index (χ2n) is 12.2. The fourth-order valence-corrected chi connectivity index (χ4v) is 5.69. The van der Waals surface area contributed by atoms with Crippen molar-refractivity contribution in [1.82, 2.24) is 4.98 Å². The quantitative estimate of drug-likeness (QED) is 0.0679. The lowest BCUT2D eigenvalue weighted by molar-refractivity contribution is -0.605. The van der Waals surface area contributed by atoms with Gasteiger partial charge >= 0.3 is 25.5 Å². The Balaban J connectivity index is 1.55. The number of anilines is 1. The zero-order valence-electron chi connectivity index (χ0n) is 28.1. The van der Waals surface area contributed by atoms with Gasteiger partial charge in [0, 0.05) is 24.2 Å². The Morgan fingerprint density at radius 3 is 1.96 bits per heavy atom. The van der Waals surface area contributed by atoms with Crippen molar-refractivity contribution in [3.63, 3.8) is 0 Å². The molecule has 15 heteroatoms. The van der Waals surface area contributed by atoms with Crippen molar-refractivity contribution in [2.75, 3.05) is 4.90 Å². The second-order valence-corrected chi connectivity index (χ2v) is 12.2. The fourth-order valence-electron chi connectivity index (χ4n) is 5.69. The number of pyridine rings is 2. The van der Waals surface area contributed by atoms with Crippen molar-refractivity contribution < 1.29 is 54.5 Å². The first-order valence-corrected chi connectivity index (χ1v) is 16.0. The number of carbonyl (C=O) groups is 1. The molecule has 0 saturated carbocycles. The van der Waals surface area contributed by atoms with Crippen molar-refractivity contribution in [1.29, 1.82) is 0 Å². The largest absolute Gasteiger partial charge is 0.619 e. The van der Waals surface area contributed by atoms with Gasteiger partial charge in [-0.05, 0) is 78.4 Å². The van der Waals surface area contributed by atoms with Crippen LogP contribution in [0.3, 0.4) is 0 Å². The van der Waals surface area contributed by atoms with Crippen LogP contribution >= 0.6 is 0 Å². The van der Waals surface area contributed by atoms with E-state index in [4.69, 9.17) is 4.74 Å². The van der Waals surface area contributed by atoms with Crippen LogP contribution in [-0.4, -0.2) is 24.3 Å². The number of nitrogens with zero attached hydrogens (tertiary/aromatic N) is 3. The lowest BCUT2D eigenvalue weighted by Gasteiger charge is -2.37. The Kier molecular flexibility index (Phi) is 11.7. The van der Waals surface area contributed by atoms with Crippen LogP contribution in [0.1, 0.15) is 53.1 Å². The van der Waals surface area contributed by atoms with Crippen molar-refractivity contribution >= 4 is 11.9 Å². The number of benzene rings is 3. The first-order chi connectivity index (χ1) is 25.1. The van der Waals surface area contributed by atoms with Gasteiger partial charge in [-0.3, -0.25) is 4.90 Å². The molecule has 5 aromatic rings. The third-order valence-corrected chi connectivity index (χ3v) is 8.38. The molecule has 0 radical (unpaired) electrons. The van der Waals surface area contributed by atoms with Crippen molar-refractivity contribution in [3.8, 4) is 11.5 Å². The summed E-state index contributed by atoms with van der Waals surface area (Å²) in [7, 11) is 0. The molecule has 2 heterocycles. The van der Waals surface area contributed by atoms with Gasteiger partial charge in [-0.2, -0.15) is 35.5 Å².